The van der Waals surface area contributed by atoms with Crippen molar-refractivity contribution in [1.29, 1.82) is 5.26 Å². The summed E-state index contributed by atoms with van der Waals surface area (Å²) in [4.78, 5) is 25.8. The molecule has 0 spiro atoms. The summed E-state index contributed by atoms with van der Waals surface area (Å²) < 4.78 is 0. The maximum Gasteiger partial charge on any atom is 0.408 e. The van der Waals surface area contributed by atoms with Gasteiger partial charge in [-0.05, 0) is 0 Å². The molecule has 1 aromatic heterocycles. The van der Waals surface area contributed by atoms with Crippen molar-refractivity contribution in [1.82, 2.24) is 9.97 Å². The van der Waals surface area contributed by atoms with Gasteiger partial charge in [-0.1, -0.05) is 0 Å². The second-order valence-electron chi connectivity index (χ2n) is 2.63. The number of nitriles is 1. The molecule has 1 atom stereocenters. The number of nitrogens with one attached hydrogen (secondary N) is 1. The molecule has 0 amide bonds. The predicted octanol–water partition coefficient (Wildman–Crippen LogP) is -1.04. The van der Waals surface area contributed by atoms with Gasteiger partial charge < -0.3 is 20.9 Å². The predicted molar refractivity (Wildman–Crippen MR) is 51.2 cm³/mol. The molecule has 0 radical (unpaired) electrons. The lowest BCUT2D eigenvalue weighted by Gasteiger charge is -2.01. The first kappa shape index (κ1) is 13.6. The highest BCUT2D eigenvalue weighted by molar-refractivity contribution is 5.83. The Balaban J connectivity index is 0.000000385. The van der Waals surface area contributed by atoms with E-state index in [-0.39, 0.29) is 6.42 Å². The summed E-state index contributed by atoms with van der Waals surface area (Å²) in [6.45, 7) is 0. The zero-order chi connectivity index (χ0) is 12.6. The van der Waals surface area contributed by atoms with Gasteiger partial charge in [0, 0.05) is 12.6 Å². The molecule has 0 bridgehead atoms. The molecule has 1 aromatic rings. The summed E-state index contributed by atoms with van der Waals surface area (Å²) in [6, 6.07) is 0.0818. The van der Waals surface area contributed by atoms with E-state index in [9.17, 15) is 4.79 Å². The van der Waals surface area contributed by atoms with Crippen LogP contribution in [0, 0.1) is 11.3 Å². The molecule has 8 nitrogen and oxygen atoms in total. The van der Waals surface area contributed by atoms with Gasteiger partial charge in [0.15, 0.2) is 6.07 Å². The number of carboxylic acid groups (broad SMARTS) is 2. The minimum Gasteiger partial charge on any atom is -0.480 e. The fourth-order valence-electron chi connectivity index (χ4n) is 0.715. The molecular weight excluding hydrogens is 216 g/mol. The molecule has 0 unspecified atom stereocenters. The molecule has 5 N–H and O–H groups in total. The molecule has 1 rings (SSSR count). The van der Waals surface area contributed by atoms with E-state index in [4.69, 9.17) is 26.0 Å². The summed E-state index contributed by atoms with van der Waals surface area (Å²) in [7, 11) is 0. The summed E-state index contributed by atoms with van der Waals surface area (Å²) in [5, 5.41) is 23.1. The van der Waals surface area contributed by atoms with Crippen LogP contribution in [0.15, 0.2) is 12.5 Å². The average molecular weight is 226 g/mol. The Morgan fingerprint density at radius 3 is 2.50 bits per heavy atom. The Kier molecular flexibility index (Phi) is 5.92. The fourth-order valence-corrected chi connectivity index (χ4v) is 0.715. The molecule has 0 saturated heterocycles. The third-order valence-electron chi connectivity index (χ3n) is 1.40. The van der Waals surface area contributed by atoms with Gasteiger partial charge in [-0.3, -0.25) is 4.79 Å². The number of H-pyrrole nitrogens is 1. The third-order valence-corrected chi connectivity index (χ3v) is 1.40. The first-order valence-corrected chi connectivity index (χ1v) is 4.06. The first-order chi connectivity index (χ1) is 7.47. The lowest BCUT2D eigenvalue weighted by molar-refractivity contribution is -0.138. The van der Waals surface area contributed by atoms with E-state index in [1.54, 1.807) is 6.20 Å². The van der Waals surface area contributed by atoms with Crippen LogP contribution >= 0.6 is 0 Å². The maximum atomic E-state index is 10.3. The standard InChI is InChI=1S/C6H9N3O2.C2HNO2/c7-5(6(10)11)1-4-2-8-3-9-4;3-1-2(4)5/h2-3,5H,1,7H2,(H,8,9)(H,10,11);(H,4,5)/t5-;/m0./s1. The van der Waals surface area contributed by atoms with E-state index in [1.165, 1.54) is 6.33 Å². The van der Waals surface area contributed by atoms with E-state index in [1.807, 2.05) is 0 Å². The summed E-state index contributed by atoms with van der Waals surface area (Å²) in [5.74, 6) is -2.45. The minimum atomic E-state index is -1.44. The van der Waals surface area contributed by atoms with Crippen LogP contribution in [0.2, 0.25) is 0 Å². The van der Waals surface area contributed by atoms with Gasteiger partial charge in [-0.15, -0.1) is 0 Å². The number of carboxylic acids is 2. The van der Waals surface area contributed by atoms with E-state index in [0.717, 1.165) is 6.07 Å². The van der Waals surface area contributed by atoms with Gasteiger partial charge in [-0.25, -0.2) is 9.78 Å². The number of nitrogens with two attached hydrogens (primary N) is 1. The van der Waals surface area contributed by atoms with Crippen LogP contribution < -0.4 is 5.73 Å². The third kappa shape index (κ3) is 6.11. The number of nitrogens with zero attached hydrogens (tertiary/aromatic N) is 2. The molecule has 86 valence electrons. The van der Waals surface area contributed by atoms with Crippen molar-refractivity contribution in [2.75, 3.05) is 0 Å². The summed E-state index contributed by atoms with van der Waals surface area (Å²) >= 11 is 0. The molecule has 1 heterocycles. The number of carbonyl (C=O) groups is 2. The molecular formula is C8H10N4O4. The zero-order valence-corrected chi connectivity index (χ0v) is 8.12. The van der Waals surface area contributed by atoms with Gasteiger partial charge in [0.05, 0.1) is 12.0 Å². The highest BCUT2D eigenvalue weighted by atomic mass is 16.4. The quantitative estimate of drug-likeness (QED) is 0.379. The number of imidazole rings is 1. The number of aromatic nitrogens is 2. The number of aliphatic carboxylic acids is 2. The molecule has 0 aliphatic carbocycles. The molecule has 0 aliphatic rings. The smallest absolute Gasteiger partial charge is 0.408 e. The summed E-state index contributed by atoms with van der Waals surface area (Å²) in [5.41, 5.74) is 5.92. The first-order valence-electron chi connectivity index (χ1n) is 4.06. The molecule has 0 saturated carbocycles. The van der Waals surface area contributed by atoms with Crippen LogP contribution in [0.1, 0.15) is 5.69 Å². The monoisotopic (exact) mass is 226 g/mol. The Morgan fingerprint density at radius 1 is 1.62 bits per heavy atom. The summed E-state index contributed by atoms with van der Waals surface area (Å²) in [6.07, 6.45) is 3.38. The van der Waals surface area contributed by atoms with E-state index < -0.39 is 18.0 Å². The van der Waals surface area contributed by atoms with Crippen LogP contribution in [0.25, 0.3) is 0 Å². The number of hydrogen-bond donors (Lipinski definition) is 4. The number of rotatable bonds is 3. The zero-order valence-electron chi connectivity index (χ0n) is 8.12. The highest BCUT2D eigenvalue weighted by Gasteiger charge is 2.12. The fraction of sp³-hybridized carbons (Fsp3) is 0.250. The van der Waals surface area contributed by atoms with Crippen molar-refractivity contribution < 1.29 is 19.8 Å². The van der Waals surface area contributed by atoms with Crippen molar-refractivity contribution in [2.24, 2.45) is 5.73 Å². The van der Waals surface area contributed by atoms with Crippen molar-refractivity contribution in [3.8, 4) is 6.07 Å². The normalized spacial score (nSPS) is 10.5. The molecule has 0 fully saturated rings. The molecule has 0 aromatic carbocycles. The minimum absolute atomic E-state index is 0.263. The van der Waals surface area contributed by atoms with Gasteiger partial charge in [0.2, 0.25) is 0 Å². The number of aromatic amines is 1. The van der Waals surface area contributed by atoms with E-state index in [2.05, 4.69) is 9.97 Å². The van der Waals surface area contributed by atoms with Gasteiger partial charge in [0.1, 0.15) is 6.04 Å². The van der Waals surface area contributed by atoms with Gasteiger partial charge in [-0.2, -0.15) is 5.26 Å². The lowest BCUT2D eigenvalue weighted by Crippen LogP contribution is -2.32. The number of hydrogen-bond acceptors (Lipinski definition) is 5. The molecule has 16 heavy (non-hydrogen) atoms. The van der Waals surface area contributed by atoms with Crippen LogP contribution in [0.3, 0.4) is 0 Å². The van der Waals surface area contributed by atoms with Crippen molar-refractivity contribution in [3.05, 3.63) is 18.2 Å². The van der Waals surface area contributed by atoms with E-state index >= 15 is 0 Å². The van der Waals surface area contributed by atoms with Crippen molar-refractivity contribution in [2.45, 2.75) is 12.5 Å². The Hall–Kier alpha value is -2.40. The topological polar surface area (TPSA) is 153 Å². The van der Waals surface area contributed by atoms with Crippen LogP contribution in [-0.4, -0.2) is 38.2 Å². The Morgan fingerprint density at radius 2 is 2.19 bits per heavy atom. The van der Waals surface area contributed by atoms with E-state index in [0.29, 0.717) is 5.69 Å². The average Bonchev–Trinajstić information content (AvgIpc) is 2.71. The molecule has 8 heteroatoms. The Labute approximate surface area is 90.3 Å². The lowest BCUT2D eigenvalue weighted by atomic mass is 10.2. The van der Waals surface area contributed by atoms with Crippen molar-refractivity contribution >= 4 is 11.9 Å². The van der Waals surface area contributed by atoms with Crippen molar-refractivity contribution in [3.63, 3.8) is 0 Å². The SMILES string of the molecule is N#CC(=O)O.N[C@@H](Cc1c[nH]cn1)C(=O)O. The van der Waals surface area contributed by atoms with Crippen LogP contribution in [0.4, 0.5) is 0 Å². The van der Waals surface area contributed by atoms with Gasteiger partial charge >= 0.3 is 11.9 Å². The second kappa shape index (κ2) is 6.97. The van der Waals surface area contributed by atoms with Crippen LogP contribution in [0.5, 0.6) is 0 Å². The van der Waals surface area contributed by atoms with Gasteiger partial charge in [0.25, 0.3) is 0 Å². The molecule has 0 aliphatic heterocycles. The largest absolute Gasteiger partial charge is 0.480 e. The second-order valence-corrected chi connectivity index (χ2v) is 2.63. The maximum absolute atomic E-state index is 10.3. The Bertz CT molecular complexity index is 381. The highest BCUT2D eigenvalue weighted by Crippen LogP contribution is 1.95. The van der Waals surface area contributed by atoms with Crippen LogP contribution in [-0.2, 0) is 16.0 Å².